The van der Waals surface area contributed by atoms with E-state index in [2.05, 4.69) is 35.2 Å². The molecule has 0 spiro atoms. The predicted octanol–water partition coefficient (Wildman–Crippen LogP) is 3.70. The SMILES string of the molecule is O=[N+]([O-])c1csc2cc(I)cc(S)c12. The Kier molecular flexibility index (Phi) is 2.67. The lowest BCUT2D eigenvalue weighted by Crippen LogP contribution is -1.86. The van der Waals surface area contributed by atoms with Crippen LogP contribution in [0.2, 0.25) is 0 Å². The van der Waals surface area contributed by atoms with Crippen molar-refractivity contribution in [2.24, 2.45) is 0 Å². The third kappa shape index (κ3) is 1.61. The van der Waals surface area contributed by atoms with E-state index in [-0.39, 0.29) is 10.6 Å². The van der Waals surface area contributed by atoms with Crippen molar-refractivity contribution in [1.29, 1.82) is 0 Å². The summed E-state index contributed by atoms with van der Waals surface area (Å²) in [5, 5.41) is 12.9. The van der Waals surface area contributed by atoms with Gasteiger partial charge in [0, 0.05) is 13.2 Å². The number of rotatable bonds is 1. The predicted molar refractivity (Wildman–Crippen MR) is 68.4 cm³/mol. The number of benzene rings is 1. The fourth-order valence-corrected chi connectivity index (χ4v) is 3.73. The quantitative estimate of drug-likeness (QED) is 0.373. The second-order valence-electron chi connectivity index (χ2n) is 2.68. The Labute approximate surface area is 103 Å². The number of hydrogen-bond donors (Lipinski definition) is 1. The van der Waals surface area contributed by atoms with E-state index in [4.69, 9.17) is 0 Å². The maximum atomic E-state index is 10.7. The van der Waals surface area contributed by atoms with Gasteiger partial charge in [-0.05, 0) is 34.7 Å². The fraction of sp³-hybridized carbons (Fsp3) is 0. The summed E-state index contributed by atoms with van der Waals surface area (Å²) in [4.78, 5) is 11.0. The molecule has 0 saturated heterocycles. The molecule has 14 heavy (non-hydrogen) atoms. The van der Waals surface area contributed by atoms with Crippen LogP contribution < -0.4 is 0 Å². The van der Waals surface area contributed by atoms with Gasteiger partial charge in [-0.15, -0.1) is 24.0 Å². The third-order valence-electron chi connectivity index (χ3n) is 1.80. The zero-order chi connectivity index (χ0) is 10.3. The number of halogens is 1. The molecule has 2 aromatic rings. The Morgan fingerprint density at radius 3 is 2.86 bits per heavy atom. The second-order valence-corrected chi connectivity index (χ2v) is 5.31. The molecule has 6 heteroatoms. The minimum Gasteiger partial charge on any atom is -0.258 e. The van der Waals surface area contributed by atoms with Crippen molar-refractivity contribution in [2.75, 3.05) is 0 Å². The summed E-state index contributed by atoms with van der Waals surface area (Å²) in [6.07, 6.45) is 0. The van der Waals surface area contributed by atoms with Gasteiger partial charge in [0.05, 0.1) is 15.7 Å². The third-order valence-corrected chi connectivity index (χ3v) is 3.69. The second kappa shape index (κ2) is 3.67. The first-order valence-corrected chi connectivity index (χ1v) is 6.04. The fourth-order valence-electron chi connectivity index (χ4n) is 1.23. The molecule has 0 amide bonds. The first-order chi connectivity index (χ1) is 6.59. The lowest BCUT2D eigenvalue weighted by Gasteiger charge is -1.96. The van der Waals surface area contributed by atoms with E-state index in [1.807, 2.05) is 12.1 Å². The molecule has 0 fully saturated rings. The lowest BCUT2D eigenvalue weighted by atomic mass is 10.2. The van der Waals surface area contributed by atoms with Crippen LogP contribution in [0.3, 0.4) is 0 Å². The molecule has 0 bridgehead atoms. The average molecular weight is 337 g/mol. The number of thiol groups is 1. The van der Waals surface area contributed by atoms with Crippen molar-refractivity contribution in [2.45, 2.75) is 4.90 Å². The molecular formula is C8H4INO2S2. The molecule has 0 radical (unpaired) electrons. The van der Waals surface area contributed by atoms with E-state index in [0.717, 1.165) is 8.27 Å². The van der Waals surface area contributed by atoms with Gasteiger partial charge >= 0.3 is 0 Å². The Morgan fingerprint density at radius 2 is 2.21 bits per heavy atom. The van der Waals surface area contributed by atoms with E-state index in [9.17, 15) is 10.1 Å². The molecule has 1 heterocycles. The molecule has 1 aromatic carbocycles. The van der Waals surface area contributed by atoms with Gasteiger partial charge in [-0.25, -0.2) is 0 Å². The van der Waals surface area contributed by atoms with E-state index in [1.165, 1.54) is 11.3 Å². The number of thiophene rings is 1. The summed E-state index contributed by atoms with van der Waals surface area (Å²) in [6.45, 7) is 0. The molecule has 72 valence electrons. The van der Waals surface area contributed by atoms with Crippen molar-refractivity contribution < 1.29 is 4.92 Å². The van der Waals surface area contributed by atoms with Gasteiger partial charge in [0.15, 0.2) is 0 Å². The van der Waals surface area contributed by atoms with Crippen LogP contribution in [0.25, 0.3) is 10.1 Å². The molecule has 0 atom stereocenters. The molecule has 2 rings (SSSR count). The van der Waals surface area contributed by atoms with Crippen LogP contribution in [-0.2, 0) is 0 Å². The van der Waals surface area contributed by atoms with Gasteiger partial charge in [0.1, 0.15) is 0 Å². The van der Waals surface area contributed by atoms with Gasteiger partial charge in [0.2, 0.25) is 0 Å². The summed E-state index contributed by atoms with van der Waals surface area (Å²) in [7, 11) is 0. The molecule has 0 aliphatic heterocycles. The first kappa shape index (κ1) is 10.2. The summed E-state index contributed by atoms with van der Waals surface area (Å²) in [5.41, 5.74) is 0.145. The molecule has 0 N–H and O–H groups in total. The normalized spacial score (nSPS) is 10.7. The Morgan fingerprint density at radius 1 is 1.50 bits per heavy atom. The van der Waals surface area contributed by atoms with Crippen LogP contribution >= 0.6 is 46.6 Å². The maximum absolute atomic E-state index is 10.7. The van der Waals surface area contributed by atoms with Gasteiger partial charge in [0.25, 0.3) is 5.69 Å². The topological polar surface area (TPSA) is 43.1 Å². The lowest BCUT2D eigenvalue weighted by molar-refractivity contribution is -0.382. The minimum atomic E-state index is -0.370. The number of nitro groups is 1. The van der Waals surface area contributed by atoms with Gasteiger partial charge in [-0.2, -0.15) is 0 Å². The Bertz CT molecular complexity index is 523. The highest BCUT2D eigenvalue weighted by atomic mass is 127. The molecule has 0 aliphatic carbocycles. The highest BCUT2D eigenvalue weighted by molar-refractivity contribution is 14.1. The number of nitrogens with zero attached hydrogens (tertiary/aromatic N) is 1. The highest BCUT2D eigenvalue weighted by Gasteiger charge is 2.16. The molecule has 3 nitrogen and oxygen atoms in total. The minimum absolute atomic E-state index is 0.145. The molecule has 0 saturated carbocycles. The summed E-state index contributed by atoms with van der Waals surface area (Å²) in [5.74, 6) is 0. The zero-order valence-corrected chi connectivity index (χ0v) is 10.6. The smallest absolute Gasteiger partial charge is 0.258 e. The van der Waals surface area contributed by atoms with Crippen LogP contribution in [0.1, 0.15) is 0 Å². The van der Waals surface area contributed by atoms with Crippen LogP contribution in [0.5, 0.6) is 0 Å². The van der Waals surface area contributed by atoms with E-state index < -0.39 is 0 Å². The van der Waals surface area contributed by atoms with Gasteiger partial charge < -0.3 is 0 Å². The van der Waals surface area contributed by atoms with E-state index in [1.54, 1.807) is 5.38 Å². The van der Waals surface area contributed by atoms with Crippen LogP contribution in [0, 0.1) is 13.7 Å². The maximum Gasteiger partial charge on any atom is 0.288 e. The number of hydrogen-bond acceptors (Lipinski definition) is 4. The molecule has 0 aliphatic rings. The molecule has 1 aromatic heterocycles. The molecular weight excluding hydrogens is 333 g/mol. The number of fused-ring (bicyclic) bond motifs is 1. The zero-order valence-electron chi connectivity index (χ0n) is 6.73. The van der Waals surface area contributed by atoms with Crippen LogP contribution in [-0.4, -0.2) is 4.92 Å². The van der Waals surface area contributed by atoms with Crippen molar-refractivity contribution in [1.82, 2.24) is 0 Å². The summed E-state index contributed by atoms with van der Waals surface area (Å²) in [6, 6.07) is 3.75. The standard InChI is InChI=1S/C8H4INO2S2/c9-4-1-6(13)8-5(10(11)12)3-14-7(8)2-4/h1-3,13H. The summed E-state index contributed by atoms with van der Waals surface area (Å²) < 4.78 is 1.95. The molecule has 0 unspecified atom stereocenters. The van der Waals surface area contributed by atoms with Crippen molar-refractivity contribution in [3.8, 4) is 0 Å². The van der Waals surface area contributed by atoms with E-state index in [0.29, 0.717) is 10.3 Å². The highest BCUT2D eigenvalue weighted by Crippen LogP contribution is 2.37. The Balaban J connectivity index is 2.85. The van der Waals surface area contributed by atoms with Crippen molar-refractivity contribution in [3.63, 3.8) is 0 Å². The van der Waals surface area contributed by atoms with E-state index >= 15 is 0 Å². The largest absolute Gasteiger partial charge is 0.288 e. The Hall–Kier alpha value is -0.340. The van der Waals surface area contributed by atoms with Crippen molar-refractivity contribution in [3.05, 3.63) is 31.2 Å². The first-order valence-electron chi connectivity index (χ1n) is 3.63. The average Bonchev–Trinajstić information content (AvgIpc) is 2.47. The van der Waals surface area contributed by atoms with Crippen molar-refractivity contribution >= 4 is 62.3 Å². The van der Waals surface area contributed by atoms with Crippen LogP contribution in [0.4, 0.5) is 5.69 Å². The summed E-state index contributed by atoms with van der Waals surface area (Å²) >= 11 is 7.79. The van der Waals surface area contributed by atoms with Crippen LogP contribution in [0.15, 0.2) is 22.4 Å². The van der Waals surface area contributed by atoms with Gasteiger partial charge in [-0.1, -0.05) is 0 Å². The van der Waals surface area contributed by atoms with Gasteiger partial charge in [-0.3, -0.25) is 10.1 Å². The monoisotopic (exact) mass is 337 g/mol.